The molecular weight excluding hydrogens is 677 g/mol. The van der Waals surface area contributed by atoms with Gasteiger partial charge in [-0.1, -0.05) is 18.9 Å². The van der Waals surface area contributed by atoms with Crippen molar-refractivity contribution in [3.8, 4) is 23.0 Å². The number of fused-ring (bicyclic) bond motifs is 1. The summed E-state index contributed by atoms with van der Waals surface area (Å²) in [5.74, 6) is 1.89. The first-order valence-corrected chi connectivity index (χ1v) is 17.4. The van der Waals surface area contributed by atoms with E-state index >= 15 is 0 Å². The van der Waals surface area contributed by atoms with Crippen LogP contribution in [0.15, 0.2) is 66.9 Å². The highest BCUT2D eigenvalue weighted by atomic mass is 19.4. The maximum absolute atomic E-state index is 14.3. The molecule has 2 fully saturated rings. The Morgan fingerprint density at radius 2 is 1.52 bits per heavy atom. The average Bonchev–Trinajstić information content (AvgIpc) is 3.40. The number of halogens is 3. The lowest BCUT2D eigenvalue weighted by atomic mass is 10.0. The number of alkyl halides is 3. The molecule has 0 bridgehead atoms. The van der Waals surface area contributed by atoms with E-state index in [-0.39, 0.29) is 23.3 Å². The van der Waals surface area contributed by atoms with E-state index in [4.69, 9.17) is 14.2 Å². The molecule has 3 heterocycles. The van der Waals surface area contributed by atoms with E-state index in [0.29, 0.717) is 72.1 Å². The largest absolute Gasteiger partial charge is 0.493 e. The molecule has 0 spiro atoms. The summed E-state index contributed by atoms with van der Waals surface area (Å²) < 4.78 is 59.9. The highest BCUT2D eigenvalue weighted by Crippen LogP contribution is 2.40. The van der Waals surface area contributed by atoms with Crippen molar-refractivity contribution in [1.82, 2.24) is 15.2 Å². The van der Waals surface area contributed by atoms with Crippen molar-refractivity contribution >= 4 is 39.9 Å². The third-order valence-corrected chi connectivity index (χ3v) is 9.35. The van der Waals surface area contributed by atoms with Gasteiger partial charge in [0, 0.05) is 59.9 Å². The fraction of sp³-hybridized carbons (Fsp3) is 0.395. The Morgan fingerprint density at radius 1 is 0.827 bits per heavy atom. The van der Waals surface area contributed by atoms with Crippen LogP contribution in [-0.2, 0) is 11.0 Å². The van der Waals surface area contributed by atoms with Crippen LogP contribution in [-0.4, -0.2) is 74.8 Å². The zero-order valence-electron chi connectivity index (χ0n) is 29.2. The van der Waals surface area contributed by atoms with Crippen molar-refractivity contribution in [1.29, 1.82) is 0 Å². The van der Waals surface area contributed by atoms with Crippen LogP contribution in [0.5, 0.6) is 23.0 Å². The summed E-state index contributed by atoms with van der Waals surface area (Å²) in [7, 11) is 3.07. The zero-order chi connectivity index (χ0) is 36.7. The minimum Gasteiger partial charge on any atom is -0.493 e. The second-order valence-corrected chi connectivity index (χ2v) is 13.0. The van der Waals surface area contributed by atoms with Gasteiger partial charge in [0.2, 0.25) is 5.91 Å². The van der Waals surface area contributed by atoms with E-state index in [1.807, 2.05) is 0 Å². The number of nitrogens with one attached hydrogen (secondary N) is 3. The molecule has 0 atom stereocenters. The molecule has 0 saturated carbocycles. The summed E-state index contributed by atoms with van der Waals surface area (Å²) in [6, 6.07) is 14.8. The van der Waals surface area contributed by atoms with Crippen LogP contribution in [0.2, 0.25) is 0 Å². The van der Waals surface area contributed by atoms with Crippen LogP contribution in [0, 0.1) is 0 Å². The van der Waals surface area contributed by atoms with Gasteiger partial charge in [-0.15, -0.1) is 0 Å². The monoisotopic (exact) mass is 720 g/mol. The number of ether oxygens (including phenoxy) is 3. The van der Waals surface area contributed by atoms with Crippen molar-refractivity contribution in [3.05, 3.63) is 72.4 Å². The lowest BCUT2D eigenvalue weighted by Gasteiger charge is -2.35. The first-order chi connectivity index (χ1) is 25.1. The Bertz CT molecular complexity index is 1870. The first kappa shape index (κ1) is 36.5. The number of hydrogen-bond acceptors (Lipinski definition) is 8. The number of anilines is 3. The van der Waals surface area contributed by atoms with E-state index in [9.17, 15) is 22.8 Å². The van der Waals surface area contributed by atoms with Crippen LogP contribution in [0.4, 0.5) is 35.0 Å². The van der Waals surface area contributed by atoms with Crippen molar-refractivity contribution < 1.29 is 37.0 Å². The molecule has 6 rings (SSSR count). The molecule has 0 radical (unpaired) electrons. The normalized spacial score (nSPS) is 15.8. The third-order valence-electron chi connectivity index (χ3n) is 9.35. The number of hydrogen-bond donors (Lipinski definition) is 3. The maximum Gasteiger partial charge on any atom is 0.418 e. The molecule has 0 aliphatic carbocycles. The number of pyridine rings is 1. The number of nitrogens with zero attached hydrogens (tertiary/aromatic N) is 3. The predicted molar refractivity (Wildman–Crippen MR) is 194 cm³/mol. The van der Waals surface area contributed by atoms with Gasteiger partial charge in [-0.2, -0.15) is 13.2 Å². The van der Waals surface area contributed by atoms with Gasteiger partial charge in [-0.25, -0.2) is 4.79 Å². The van der Waals surface area contributed by atoms with Gasteiger partial charge in [-0.05, 0) is 81.2 Å². The Balaban J connectivity index is 1.07. The summed E-state index contributed by atoms with van der Waals surface area (Å²) >= 11 is 0. The molecule has 3 N–H and O–H groups in total. The first-order valence-electron chi connectivity index (χ1n) is 17.4. The van der Waals surface area contributed by atoms with Gasteiger partial charge >= 0.3 is 12.2 Å². The summed E-state index contributed by atoms with van der Waals surface area (Å²) in [5, 5.41) is 8.94. The van der Waals surface area contributed by atoms with Gasteiger partial charge < -0.3 is 35.1 Å². The van der Waals surface area contributed by atoms with E-state index in [1.165, 1.54) is 39.2 Å². The number of methoxy groups -OCH3 is 2. The summed E-state index contributed by atoms with van der Waals surface area (Å²) in [6.45, 7) is 2.91. The molecular formula is C38H43F3N6O5. The van der Waals surface area contributed by atoms with Gasteiger partial charge in [0.25, 0.3) is 0 Å². The van der Waals surface area contributed by atoms with Crippen LogP contribution >= 0.6 is 0 Å². The van der Waals surface area contributed by atoms with Crippen molar-refractivity contribution in [3.63, 3.8) is 0 Å². The summed E-state index contributed by atoms with van der Waals surface area (Å²) in [4.78, 5) is 33.9. The molecule has 276 valence electrons. The fourth-order valence-electron chi connectivity index (χ4n) is 6.75. The van der Waals surface area contributed by atoms with Gasteiger partial charge in [0.1, 0.15) is 11.5 Å². The molecule has 4 aromatic rings. The lowest BCUT2D eigenvalue weighted by Crippen LogP contribution is -2.48. The Hall–Kier alpha value is -5.24. The van der Waals surface area contributed by atoms with Gasteiger partial charge in [0.15, 0.2) is 11.5 Å². The van der Waals surface area contributed by atoms with Crippen LogP contribution in [0.1, 0.15) is 44.1 Å². The molecule has 3 aromatic carbocycles. The zero-order valence-corrected chi connectivity index (χ0v) is 29.2. The molecule has 3 amide bonds. The van der Waals surface area contributed by atoms with Crippen LogP contribution in [0.25, 0.3) is 10.9 Å². The summed E-state index contributed by atoms with van der Waals surface area (Å²) in [5.41, 5.74) is 0.173. The molecule has 1 aromatic heterocycles. The number of carbonyl (C=O) groups is 2. The van der Waals surface area contributed by atoms with Gasteiger partial charge in [-0.3, -0.25) is 14.7 Å². The van der Waals surface area contributed by atoms with Crippen molar-refractivity contribution in [2.75, 3.05) is 62.5 Å². The minimum atomic E-state index is -4.65. The number of benzene rings is 3. The Kier molecular flexibility index (Phi) is 11.5. The fourth-order valence-corrected chi connectivity index (χ4v) is 6.75. The third kappa shape index (κ3) is 9.15. The molecule has 0 unspecified atom stereocenters. The van der Waals surface area contributed by atoms with Crippen molar-refractivity contribution in [2.24, 2.45) is 0 Å². The van der Waals surface area contributed by atoms with Crippen LogP contribution in [0.3, 0.4) is 0 Å². The van der Waals surface area contributed by atoms with Crippen molar-refractivity contribution in [2.45, 2.75) is 50.7 Å². The SMILES string of the molecule is COc1cc2nccc(Oc3cccc(NC(=O)Nc4ccc(N5CCC(NC(=O)CN6CCCCCC6)CC5)c(C(F)(F)F)c4)c3)c2cc1OC. The minimum absolute atomic E-state index is 0.00993. The second kappa shape index (κ2) is 16.4. The van der Waals surface area contributed by atoms with E-state index in [0.717, 1.165) is 32.0 Å². The molecule has 2 saturated heterocycles. The Labute approximate surface area is 300 Å². The van der Waals surface area contributed by atoms with Gasteiger partial charge in [0.05, 0.1) is 31.8 Å². The second-order valence-electron chi connectivity index (χ2n) is 13.0. The number of carbonyl (C=O) groups excluding carboxylic acids is 2. The number of rotatable bonds is 10. The smallest absolute Gasteiger partial charge is 0.418 e. The molecule has 2 aliphatic heterocycles. The molecule has 11 nitrogen and oxygen atoms in total. The molecule has 14 heteroatoms. The number of amides is 3. The Morgan fingerprint density at radius 3 is 2.21 bits per heavy atom. The predicted octanol–water partition coefficient (Wildman–Crippen LogP) is 7.67. The van der Waals surface area contributed by atoms with E-state index < -0.39 is 17.8 Å². The maximum atomic E-state index is 14.3. The molecule has 52 heavy (non-hydrogen) atoms. The van der Waals surface area contributed by atoms with E-state index in [1.54, 1.807) is 53.6 Å². The summed E-state index contributed by atoms with van der Waals surface area (Å²) in [6.07, 6.45) is 2.57. The average molecular weight is 721 g/mol. The highest BCUT2D eigenvalue weighted by molar-refractivity contribution is 6.00. The topological polar surface area (TPSA) is 117 Å². The number of aromatic nitrogens is 1. The standard InChI is InChI=1S/C38H43F3N6O5/c1-50-34-22-29-31(23-35(34)51-2)42-15-12-33(29)52-28-9-7-8-26(20-28)44-37(49)45-27-10-11-32(30(21-27)38(39,40)41)47-18-13-25(14-19-47)43-36(48)24-46-16-5-3-4-6-17-46/h7-12,15,20-23,25H,3-6,13-14,16-19,24H2,1-2H3,(H,43,48)(H2,44,45,49). The van der Waals surface area contributed by atoms with Crippen LogP contribution < -0.4 is 35.1 Å². The lowest BCUT2D eigenvalue weighted by molar-refractivity contribution is -0.137. The highest BCUT2D eigenvalue weighted by Gasteiger charge is 2.36. The number of likely N-dealkylation sites (tertiary alicyclic amines) is 1. The number of urea groups is 1. The number of piperidine rings is 1. The quantitative estimate of drug-likeness (QED) is 0.153. The molecule has 2 aliphatic rings. The van der Waals surface area contributed by atoms with E-state index in [2.05, 4.69) is 25.8 Å².